The van der Waals surface area contributed by atoms with E-state index in [4.69, 9.17) is 0 Å². The van der Waals surface area contributed by atoms with Crippen LogP contribution in [-0.4, -0.2) is 61.5 Å². The Bertz CT molecular complexity index is 616. The van der Waals surface area contributed by atoms with Gasteiger partial charge in [-0.2, -0.15) is 0 Å². The number of allylic oxidation sites excluding steroid dienone is 6. The van der Waals surface area contributed by atoms with Crippen molar-refractivity contribution in [3.8, 4) is 0 Å². The Labute approximate surface area is 285 Å². The maximum Gasteiger partial charge on any atom is 0.110 e. The van der Waals surface area contributed by atoms with Crippen molar-refractivity contribution >= 4 is 56.7 Å². The van der Waals surface area contributed by atoms with Gasteiger partial charge in [0.15, 0.2) is 0 Å². The molecule has 0 amide bonds. The van der Waals surface area contributed by atoms with E-state index in [2.05, 4.69) is 163 Å². The van der Waals surface area contributed by atoms with E-state index in [1.165, 1.54) is 18.8 Å². The molecule has 252 valence electrons. The van der Waals surface area contributed by atoms with Crippen molar-refractivity contribution in [1.29, 1.82) is 0 Å². The van der Waals surface area contributed by atoms with Gasteiger partial charge in [0.1, 0.15) is 5.66 Å². The fourth-order valence-corrected chi connectivity index (χ4v) is 0. The maximum absolute atomic E-state index is 3.90. The van der Waals surface area contributed by atoms with Crippen LogP contribution in [0, 0.1) is 17.8 Å². The molecular formula is C38H84GePSiSn+. The SMILES string of the molecule is C=C(C)C(=C)C.C=C(C)C(C)C.C=C(C)[SiH](C)C.C=[C](C)[GeH]([CH3])[CH3].C=[C](C)[SnH]([CH3])[CH3].C=[P+](C)C(C)C.CC(C)C(C)C. The minimum atomic E-state index is -0.999. The van der Waals surface area contributed by atoms with Gasteiger partial charge in [-0.25, -0.2) is 0 Å². The van der Waals surface area contributed by atoms with E-state index in [0.717, 1.165) is 28.6 Å². The van der Waals surface area contributed by atoms with Gasteiger partial charge in [0.25, 0.3) is 0 Å². The standard InChI is InChI=1S/C6H14.C6H12.C6H10.C5H12Ge.C5H12P.C5H12Si.C3H5.2CH3.Sn.H/c6*1-5(2)6(3)4;1-3-2;;;;/h5-6H,1-4H3;6H,1H2,2-4H3;1,3H2,2,4H3;6H,1H2,2-4H3;5H,3H2,1-2,4H3;6H,1H2,2-4H3;1H2,2H3;2*1H3;;/q;;;;+1;;;;;;. The molecule has 4 heteroatoms. The topological polar surface area (TPSA) is 0 Å². The average Bonchev–Trinajstić information content (AvgIpc) is 2.80. The fraction of sp³-hybridized carbons (Fsp3) is 0.658. The van der Waals surface area contributed by atoms with Crippen LogP contribution >= 0.6 is 7.55 Å². The van der Waals surface area contributed by atoms with Crippen LogP contribution in [0.4, 0.5) is 0 Å². The molecule has 0 aliphatic carbocycles. The molecule has 0 aromatic carbocycles. The van der Waals surface area contributed by atoms with Gasteiger partial charge in [-0.3, -0.25) is 0 Å². The minimum Gasteiger partial charge on any atom is -0.0625 e. The molecule has 0 aliphatic heterocycles. The molecule has 0 aromatic heterocycles. The second kappa shape index (κ2) is 37.4. The molecule has 0 radical (unpaired) electrons. The zero-order chi connectivity index (χ0) is 36.1. The third-order valence-corrected chi connectivity index (χ3v) is 20.4. The molecule has 0 aromatic rings. The van der Waals surface area contributed by atoms with Crippen LogP contribution in [-0.2, 0) is 0 Å². The van der Waals surface area contributed by atoms with E-state index in [0.29, 0.717) is 5.92 Å². The summed E-state index contributed by atoms with van der Waals surface area (Å²) in [6, 6.07) is 0. The van der Waals surface area contributed by atoms with Crippen molar-refractivity contribution in [3.05, 3.63) is 69.4 Å². The van der Waals surface area contributed by atoms with Crippen LogP contribution in [0.2, 0.25) is 34.5 Å². The largest absolute Gasteiger partial charge is 0.110 e. The zero-order valence-corrected chi connectivity index (χ0v) is 41.2. The van der Waals surface area contributed by atoms with Crippen molar-refractivity contribution in [3.63, 3.8) is 0 Å². The molecule has 0 bridgehead atoms. The van der Waals surface area contributed by atoms with Gasteiger partial charge >= 0.3 is 90.5 Å². The third kappa shape index (κ3) is 77.7. The van der Waals surface area contributed by atoms with Gasteiger partial charge in [-0.15, -0.1) is 6.58 Å². The first-order valence-electron chi connectivity index (χ1n) is 16.0. The first-order chi connectivity index (χ1) is 18.5. The number of hydrogen-bond acceptors (Lipinski definition) is 0. The van der Waals surface area contributed by atoms with Crippen LogP contribution in [0.5, 0.6) is 0 Å². The summed E-state index contributed by atoms with van der Waals surface area (Å²) in [5.41, 5.74) is 4.19. The summed E-state index contributed by atoms with van der Waals surface area (Å²) in [6.45, 7) is 59.3. The zero-order valence-electron chi connectivity index (χ0n) is 33.4. The van der Waals surface area contributed by atoms with Crippen molar-refractivity contribution in [2.45, 2.75) is 137 Å². The van der Waals surface area contributed by atoms with Crippen LogP contribution in [0.15, 0.2) is 69.4 Å². The Kier molecular flexibility index (Phi) is 51.4. The summed E-state index contributed by atoms with van der Waals surface area (Å²) in [7, 11) is -0.348. The first-order valence-corrected chi connectivity index (χ1v) is 35.2. The van der Waals surface area contributed by atoms with Crippen LogP contribution in [0.3, 0.4) is 0 Å². The summed E-state index contributed by atoms with van der Waals surface area (Å²) in [4.78, 5) is 4.70. The molecule has 0 aliphatic rings. The van der Waals surface area contributed by atoms with Crippen LogP contribution in [0.25, 0.3) is 0 Å². The Morgan fingerprint density at radius 2 is 0.833 bits per heavy atom. The quantitative estimate of drug-likeness (QED) is 0.104. The van der Waals surface area contributed by atoms with Gasteiger partial charge in [0.05, 0.1) is 29.3 Å². The molecular weight excluding hydrogens is 707 g/mol. The van der Waals surface area contributed by atoms with Crippen LogP contribution in [0.1, 0.15) is 96.9 Å². The van der Waals surface area contributed by atoms with Gasteiger partial charge in [0, 0.05) is 0 Å². The Morgan fingerprint density at radius 3 is 0.833 bits per heavy atom. The fourth-order valence-electron chi connectivity index (χ4n) is 0. The van der Waals surface area contributed by atoms with E-state index in [9.17, 15) is 0 Å². The summed E-state index contributed by atoms with van der Waals surface area (Å²) in [5.74, 6) is 7.02. The Hall–Kier alpha value is 0.168. The van der Waals surface area contributed by atoms with Crippen LogP contribution < -0.4 is 0 Å². The molecule has 0 N–H and O–H groups in total. The van der Waals surface area contributed by atoms with E-state index < -0.39 is 42.9 Å². The van der Waals surface area contributed by atoms with E-state index in [1.807, 2.05) is 20.8 Å². The van der Waals surface area contributed by atoms with Crippen molar-refractivity contribution in [2.24, 2.45) is 17.8 Å². The first kappa shape index (κ1) is 57.8. The summed E-state index contributed by atoms with van der Waals surface area (Å²) >= 11 is -1.82. The van der Waals surface area contributed by atoms with Crippen molar-refractivity contribution in [2.75, 3.05) is 6.66 Å². The third-order valence-electron chi connectivity index (χ3n) is 6.89. The molecule has 0 rings (SSSR count). The van der Waals surface area contributed by atoms with Gasteiger partial charge in [-0.05, 0) is 59.3 Å². The molecule has 0 spiro atoms. The molecule has 1 atom stereocenters. The molecule has 42 heavy (non-hydrogen) atoms. The molecule has 0 saturated carbocycles. The van der Waals surface area contributed by atoms with Gasteiger partial charge in [0.2, 0.25) is 0 Å². The van der Waals surface area contributed by atoms with Gasteiger partial charge < -0.3 is 0 Å². The molecule has 1 unspecified atom stereocenters. The predicted molar refractivity (Wildman–Crippen MR) is 225 cm³/mol. The molecule has 0 nitrogen and oxygen atoms in total. The molecule has 0 fully saturated rings. The maximum atomic E-state index is 3.90. The second-order valence-electron chi connectivity index (χ2n) is 13.9. The second-order valence-corrected chi connectivity index (χ2v) is 36.1. The number of hydrogen-bond donors (Lipinski definition) is 0. The minimum absolute atomic E-state index is 0.0905. The smallest absolute Gasteiger partial charge is 0.0625 e. The van der Waals surface area contributed by atoms with Crippen molar-refractivity contribution in [1.82, 2.24) is 0 Å². The van der Waals surface area contributed by atoms with E-state index in [-0.39, 0.29) is 7.55 Å². The Morgan fingerprint density at radius 1 is 0.667 bits per heavy atom. The van der Waals surface area contributed by atoms with Crippen molar-refractivity contribution < 1.29 is 0 Å². The van der Waals surface area contributed by atoms with E-state index >= 15 is 0 Å². The average molecular weight is 791 g/mol. The van der Waals surface area contributed by atoms with E-state index in [1.54, 1.807) is 0 Å². The molecule has 0 saturated heterocycles. The summed E-state index contributed by atoms with van der Waals surface area (Å²) in [5, 5.41) is 1.40. The Balaban J connectivity index is -0.0000000681. The van der Waals surface area contributed by atoms with Gasteiger partial charge in [-0.1, -0.05) is 96.3 Å². The predicted octanol–water partition coefficient (Wildman–Crippen LogP) is 13.4. The summed E-state index contributed by atoms with van der Waals surface area (Å²) in [6.07, 6.45) is 3.90. The normalized spacial score (nSPS) is 9.76. The molecule has 0 heterocycles. The number of rotatable bonds is 7. The summed E-state index contributed by atoms with van der Waals surface area (Å²) < 4.78 is 2.92. The monoisotopic (exact) mass is 793 g/mol.